The van der Waals surface area contributed by atoms with Crippen molar-refractivity contribution in [2.75, 3.05) is 6.61 Å². The molecule has 1 rings (SSSR count). The Bertz CT molecular complexity index is 499. The van der Waals surface area contributed by atoms with Crippen LogP contribution in [-0.4, -0.2) is 63.2 Å². The zero-order valence-electron chi connectivity index (χ0n) is 21.1. The molecular formula is C26H50O7. The largest absolute Gasteiger partial charge is 0.430 e. The second-order valence-corrected chi connectivity index (χ2v) is 9.65. The third-order valence-electron chi connectivity index (χ3n) is 6.69. The fourth-order valence-corrected chi connectivity index (χ4v) is 4.50. The highest BCUT2D eigenvalue weighted by Gasteiger charge is 2.55. The third-order valence-corrected chi connectivity index (χ3v) is 6.69. The number of carbonyl (C=O) groups excluding carboxylic acids is 1. The van der Waals surface area contributed by atoms with E-state index in [9.17, 15) is 25.2 Å². The molecule has 0 saturated carbocycles. The molecule has 0 aliphatic carbocycles. The third kappa shape index (κ3) is 11.0. The fourth-order valence-electron chi connectivity index (χ4n) is 4.50. The Morgan fingerprint density at radius 1 is 0.758 bits per heavy atom. The lowest BCUT2D eigenvalue weighted by molar-refractivity contribution is -0.354. The smallest absolute Gasteiger partial charge is 0.308 e. The van der Waals surface area contributed by atoms with Crippen LogP contribution in [0.2, 0.25) is 0 Å². The summed E-state index contributed by atoms with van der Waals surface area (Å²) < 4.78 is 11.2. The Morgan fingerprint density at radius 3 is 1.73 bits per heavy atom. The molecule has 0 aromatic rings. The van der Waals surface area contributed by atoms with Crippen LogP contribution in [0.5, 0.6) is 0 Å². The predicted molar refractivity (Wildman–Crippen MR) is 129 cm³/mol. The van der Waals surface area contributed by atoms with Gasteiger partial charge < -0.3 is 29.9 Å². The van der Waals surface area contributed by atoms with E-state index >= 15 is 0 Å². The molecule has 196 valence electrons. The van der Waals surface area contributed by atoms with Crippen LogP contribution >= 0.6 is 0 Å². The molecule has 1 heterocycles. The van der Waals surface area contributed by atoms with Gasteiger partial charge in [0, 0.05) is 12.8 Å². The van der Waals surface area contributed by atoms with Crippen LogP contribution < -0.4 is 0 Å². The van der Waals surface area contributed by atoms with Crippen molar-refractivity contribution >= 4 is 5.97 Å². The molecule has 0 spiro atoms. The van der Waals surface area contributed by atoms with Crippen LogP contribution in [0.25, 0.3) is 0 Å². The van der Waals surface area contributed by atoms with Gasteiger partial charge in [0.2, 0.25) is 5.79 Å². The Balaban J connectivity index is 2.28. The van der Waals surface area contributed by atoms with Gasteiger partial charge in [-0.05, 0) is 12.8 Å². The fraction of sp³-hybridized carbons (Fsp3) is 0.962. The summed E-state index contributed by atoms with van der Waals surface area (Å²) in [6.45, 7) is 3.65. The van der Waals surface area contributed by atoms with Crippen LogP contribution in [0.3, 0.4) is 0 Å². The minimum atomic E-state index is -1.74. The summed E-state index contributed by atoms with van der Waals surface area (Å²) in [5.74, 6) is -2.23. The van der Waals surface area contributed by atoms with Crippen LogP contribution in [0, 0.1) is 0 Å². The maximum Gasteiger partial charge on any atom is 0.308 e. The van der Waals surface area contributed by atoms with E-state index in [-0.39, 0.29) is 12.8 Å². The van der Waals surface area contributed by atoms with E-state index in [1.807, 2.05) is 6.92 Å². The van der Waals surface area contributed by atoms with E-state index in [1.165, 1.54) is 64.2 Å². The van der Waals surface area contributed by atoms with Gasteiger partial charge in [-0.15, -0.1) is 0 Å². The summed E-state index contributed by atoms with van der Waals surface area (Å²) in [7, 11) is 0. The van der Waals surface area contributed by atoms with Crippen molar-refractivity contribution in [2.24, 2.45) is 0 Å². The van der Waals surface area contributed by atoms with Gasteiger partial charge in [0.1, 0.15) is 24.4 Å². The molecule has 33 heavy (non-hydrogen) atoms. The summed E-state index contributed by atoms with van der Waals surface area (Å²) in [5.41, 5.74) is 0. The Kier molecular flexibility index (Phi) is 16.2. The van der Waals surface area contributed by atoms with Crippen molar-refractivity contribution in [1.29, 1.82) is 0 Å². The molecule has 1 aliphatic heterocycles. The molecule has 0 aromatic heterocycles. The summed E-state index contributed by atoms with van der Waals surface area (Å²) >= 11 is 0. The first-order valence-electron chi connectivity index (χ1n) is 13.5. The van der Waals surface area contributed by atoms with Crippen molar-refractivity contribution in [3.05, 3.63) is 0 Å². The number of hydrogen-bond acceptors (Lipinski definition) is 7. The first kappa shape index (κ1) is 30.3. The molecule has 1 saturated heterocycles. The number of esters is 1. The Labute approximate surface area is 200 Å². The van der Waals surface area contributed by atoms with Crippen LogP contribution in [0.4, 0.5) is 0 Å². The minimum absolute atomic E-state index is 0.190. The van der Waals surface area contributed by atoms with Crippen molar-refractivity contribution in [3.63, 3.8) is 0 Å². The monoisotopic (exact) mass is 474 g/mol. The standard InChI is InChI=1S/C26H50O7/c1-3-5-7-8-9-10-11-12-13-14-15-16-17-18-22(28)33-26(19-6-4-2)25(31)24(30)23(29)21(20-27)32-26/h21,23-25,27,29-31H,3-20H2,1-2H3/t21-,23-,24+,25-,26?/m1/s1. The topological polar surface area (TPSA) is 116 Å². The second kappa shape index (κ2) is 17.7. The van der Waals surface area contributed by atoms with Gasteiger partial charge in [-0.25, -0.2) is 0 Å². The zero-order valence-corrected chi connectivity index (χ0v) is 21.1. The van der Waals surface area contributed by atoms with E-state index in [1.54, 1.807) is 0 Å². The van der Waals surface area contributed by atoms with Gasteiger partial charge >= 0.3 is 5.97 Å². The summed E-state index contributed by atoms with van der Waals surface area (Å²) in [4.78, 5) is 12.5. The molecule has 0 aromatic carbocycles. The quantitative estimate of drug-likeness (QED) is 0.162. The molecule has 7 heteroatoms. The average molecular weight is 475 g/mol. The highest BCUT2D eigenvalue weighted by molar-refractivity contribution is 5.69. The summed E-state index contributed by atoms with van der Waals surface area (Å²) in [6.07, 6.45) is 11.9. The lowest BCUT2D eigenvalue weighted by atomic mass is 9.89. The SMILES string of the molecule is CCCCCCCCCCCCCCCC(=O)OC1(CCCC)O[C@H](CO)[C@@H](O)[C@H](O)[C@H]1O. The van der Waals surface area contributed by atoms with Gasteiger partial charge in [0.25, 0.3) is 0 Å². The van der Waals surface area contributed by atoms with Crippen molar-refractivity contribution in [1.82, 2.24) is 0 Å². The van der Waals surface area contributed by atoms with Gasteiger partial charge in [0.05, 0.1) is 6.61 Å². The zero-order chi connectivity index (χ0) is 24.5. The van der Waals surface area contributed by atoms with Crippen LogP contribution in [-0.2, 0) is 14.3 Å². The molecule has 0 radical (unpaired) electrons. The molecule has 0 bridgehead atoms. The van der Waals surface area contributed by atoms with Crippen LogP contribution in [0.1, 0.15) is 123 Å². The Hall–Kier alpha value is -0.730. The first-order valence-corrected chi connectivity index (χ1v) is 13.5. The lowest BCUT2D eigenvalue weighted by Crippen LogP contribution is -2.66. The van der Waals surface area contributed by atoms with Crippen LogP contribution in [0.15, 0.2) is 0 Å². The maximum absolute atomic E-state index is 12.5. The van der Waals surface area contributed by atoms with Gasteiger partial charge in [0.15, 0.2) is 0 Å². The van der Waals surface area contributed by atoms with E-state index in [0.29, 0.717) is 12.8 Å². The highest BCUT2D eigenvalue weighted by atomic mass is 16.7. The van der Waals surface area contributed by atoms with E-state index in [0.717, 1.165) is 19.3 Å². The van der Waals surface area contributed by atoms with Crippen molar-refractivity contribution in [2.45, 2.75) is 153 Å². The van der Waals surface area contributed by atoms with Crippen molar-refractivity contribution in [3.8, 4) is 0 Å². The maximum atomic E-state index is 12.5. The van der Waals surface area contributed by atoms with E-state index in [2.05, 4.69) is 6.92 Å². The summed E-state index contributed by atoms with van der Waals surface area (Å²) in [5, 5.41) is 40.2. The molecule has 0 amide bonds. The molecule has 1 aliphatic rings. The second-order valence-electron chi connectivity index (χ2n) is 9.65. The Morgan fingerprint density at radius 2 is 1.24 bits per heavy atom. The number of rotatable bonds is 19. The number of hydrogen-bond donors (Lipinski definition) is 4. The number of unbranched alkanes of at least 4 members (excludes halogenated alkanes) is 13. The van der Waals surface area contributed by atoms with Gasteiger partial charge in [-0.3, -0.25) is 4.79 Å². The number of aliphatic hydroxyl groups is 4. The van der Waals surface area contributed by atoms with Gasteiger partial charge in [-0.2, -0.15) is 0 Å². The van der Waals surface area contributed by atoms with E-state index < -0.39 is 42.8 Å². The first-order chi connectivity index (χ1) is 15.9. The predicted octanol–water partition coefficient (Wildman–Crippen LogP) is 4.37. The number of carbonyl (C=O) groups is 1. The molecule has 7 nitrogen and oxygen atoms in total. The summed E-state index contributed by atoms with van der Waals surface area (Å²) in [6, 6.07) is 0. The van der Waals surface area contributed by atoms with Crippen molar-refractivity contribution < 1.29 is 34.7 Å². The molecule has 5 atom stereocenters. The van der Waals surface area contributed by atoms with Gasteiger partial charge in [-0.1, -0.05) is 97.3 Å². The molecule has 4 N–H and O–H groups in total. The van der Waals surface area contributed by atoms with E-state index in [4.69, 9.17) is 9.47 Å². The minimum Gasteiger partial charge on any atom is -0.430 e. The highest BCUT2D eigenvalue weighted by Crippen LogP contribution is 2.36. The number of ether oxygens (including phenoxy) is 2. The lowest BCUT2D eigenvalue weighted by Gasteiger charge is -2.47. The normalized spacial score (nSPS) is 27.6. The average Bonchev–Trinajstić information content (AvgIpc) is 2.81. The molecule has 1 fully saturated rings. The number of aliphatic hydroxyl groups excluding tert-OH is 4. The molecule has 1 unspecified atom stereocenters. The molecular weight excluding hydrogens is 424 g/mol.